The minimum atomic E-state index is 0.139. The van der Waals surface area contributed by atoms with Crippen molar-refractivity contribution < 1.29 is 4.74 Å². The standard InChI is InChI=1S/C19H25NO/c1-12-7-8-17(21-6)16(11-12)19(20-5)18-14(3)9-13(2)10-15(18)4/h7-11,19-20H,1-6H3. The molecule has 0 aliphatic heterocycles. The molecule has 0 amide bonds. The molecule has 0 aromatic heterocycles. The highest BCUT2D eigenvalue weighted by atomic mass is 16.5. The van der Waals surface area contributed by atoms with Crippen LogP contribution in [0.5, 0.6) is 5.75 Å². The van der Waals surface area contributed by atoms with Crippen molar-refractivity contribution in [3.8, 4) is 5.75 Å². The maximum absolute atomic E-state index is 5.57. The summed E-state index contributed by atoms with van der Waals surface area (Å²) in [5.41, 5.74) is 7.71. The van der Waals surface area contributed by atoms with Crippen molar-refractivity contribution >= 4 is 0 Å². The zero-order valence-electron chi connectivity index (χ0n) is 13.9. The van der Waals surface area contributed by atoms with Crippen LogP contribution < -0.4 is 10.1 Å². The lowest BCUT2D eigenvalue weighted by Gasteiger charge is -2.24. The van der Waals surface area contributed by atoms with Crippen LogP contribution in [0.4, 0.5) is 0 Å². The van der Waals surface area contributed by atoms with Crippen LogP contribution in [0.1, 0.15) is 39.4 Å². The number of hydrogen-bond donors (Lipinski definition) is 1. The van der Waals surface area contributed by atoms with E-state index >= 15 is 0 Å². The molecule has 2 nitrogen and oxygen atoms in total. The molecule has 2 aromatic rings. The molecule has 2 aromatic carbocycles. The zero-order valence-corrected chi connectivity index (χ0v) is 13.9. The normalized spacial score (nSPS) is 12.3. The van der Waals surface area contributed by atoms with E-state index in [9.17, 15) is 0 Å². The highest BCUT2D eigenvalue weighted by molar-refractivity contribution is 5.49. The van der Waals surface area contributed by atoms with Crippen molar-refractivity contribution in [2.45, 2.75) is 33.7 Å². The van der Waals surface area contributed by atoms with Crippen molar-refractivity contribution in [1.82, 2.24) is 5.32 Å². The summed E-state index contributed by atoms with van der Waals surface area (Å²) >= 11 is 0. The number of methoxy groups -OCH3 is 1. The van der Waals surface area contributed by atoms with E-state index in [-0.39, 0.29) is 6.04 Å². The lowest BCUT2D eigenvalue weighted by Crippen LogP contribution is -2.21. The third-order valence-corrected chi connectivity index (χ3v) is 4.01. The van der Waals surface area contributed by atoms with Crippen LogP contribution in [0.2, 0.25) is 0 Å². The van der Waals surface area contributed by atoms with E-state index in [1.807, 2.05) is 13.1 Å². The topological polar surface area (TPSA) is 21.3 Å². The maximum Gasteiger partial charge on any atom is 0.123 e. The molecule has 2 rings (SSSR count). The Kier molecular flexibility index (Phi) is 4.69. The molecule has 1 unspecified atom stereocenters. The molecule has 2 heteroatoms. The predicted molar refractivity (Wildman–Crippen MR) is 89.3 cm³/mol. The second-order valence-corrected chi connectivity index (χ2v) is 5.78. The Morgan fingerprint density at radius 1 is 0.905 bits per heavy atom. The molecule has 0 saturated carbocycles. The number of aryl methyl sites for hydroxylation is 4. The van der Waals surface area contributed by atoms with Crippen molar-refractivity contribution in [1.29, 1.82) is 0 Å². The van der Waals surface area contributed by atoms with E-state index in [0.29, 0.717) is 0 Å². The molecular formula is C19H25NO. The summed E-state index contributed by atoms with van der Waals surface area (Å²) in [4.78, 5) is 0. The average Bonchev–Trinajstić information content (AvgIpc) is 2.42. The molecule has 112 valence electrons. The Balaban J connectivity index is 2.63. The van der Waals surface area contributed by atoms with Crippen LogP contribution >= 0.6 is 0 Å². The average molecular weight is 283 g/mol. The van der Waals surface area contributed by atoms with Crippen molar-refractivity contribution in [3.05, 3.63) is 63.7 Å². The first-order chi connectivity index (χ1) is 9.97. The van der Waals surface area contributed by atoms with Gasteiger partial charge in [-0.3, -0.25) is 0 Å². The van der Waals surface area contributed by atoms with Crippen molar-refractivity contribution in [3.63, 3.8) is 0 Å². The Labute approximate surface area is 128 Å². The molecular weight excluding hydrogens is 258 g/mol. The molecule has 0 aliphatic carbocycles. The predicted octanol–water partition coefficient (Wildman–Crippen LogP) is 4.24. The van der Waals surface area contributed by atoms with Gasteiger partial charge in [0.2, 0.25) is 0 Å². The molecule has 0 aliphatic rings. The molecule has 1 atom stereocenters. The van der Waals surface area contributed by atoms with Gasteiger partial charge in [0.25, 0.3) is 0 Å². The molecule has 0 bridgehead atoms. The summed E-state index contributed by atoms with van der Waals surface area (Å²) in [6, 6.07) is 11.0. The number of hydrogen-bond acceptors (Lipinski definition) is 2. The van der Waals surface area contributed by atoms with Gasteiger partial charge in [0.1, 0.15) is 5.75 Å². The Morgan fingerprint density at radius 2 is 1.52 bits per heavy atom. The fraction of sp³-hybridized carbons (Fsp3) is 0.368. The monoisotopic (exact) mass is 283 g/mol. The van der Waals surface area contributed by atoms with E-state index in [1.54, 1.807) is 7.11 Å². The van der Waals surface area contributed by atoms with Crippen LogP contribution in [-0.2, 0) is 0 Å². The van der Waals surface area contributed by atoms with Gasteiger partial charge in [-0.1, -0.05) is 35.4 Å². The highest BCUT2D eigenvalue weighted by Gasteiger charge is 2.20. The van der Waals surface area contributed by atoms with E-state index in [2.05, 4.69) is 57.3 Å². The number of nitrogens with one attached hydrogen (secondary N) is 1. The van der Waals surface area contributed by atoms with E-state index in [1.165, 1.54) is 33.4 Å². The van der Waals surface area contributed by atoms with E-state index < -0.39 is 0 Å². The van der Waals surface area contributed by atoms with Gasteiger partial charge in [0.15, 0.2) is 0 Å². The van der Waals surface area contributed by atoms with Gasteiger partial charge in [0, 0.05) is 5.56 Å². The molecule has 0 saturated heterocycles. The fourth-order valence-electron chi connectivity index (χ4n) is 3.18. The van der Waals surface area contributed by atoms with Crippen molar-refractivity contribution in [2.24, 2.45) is 0 Å². The van der Waals surface area contributed by atoms with Gasteiger partial charge in [-0.25, -0.2) is 0 Å². The first-order valence-corrected chi connectivity index (χ1v) is 7.37. The third kappa shape index (κ3) is 3.11. The summed E-state index contributed by atoms with van der Waals surface area (Å²) in [6.45, 7) is 8.62. The smallest absolute Gasteiger partial charge is 0.123 e. The van der Waals surface area contributed by atoms with Gasteiger partial charge in [-0.15, -0.1) is 0 Å². The Bertz CT molecular complexity index is 623. The number of rotatable bonds is 4. The molecule has 0 heterocycles. The lowest BCUT2D eigenvalue weighted by atomic mass is 9.89. The lowest BCUT2D eigenvalue weighted by molar-refractivity contribution is 0.405. The summed E-state index contributed by atoms with van der Waals surface area (Å²) < 4.78 is 5.57. The molecule has 0 spiro atoms. The number of ether oxygens (including phenoxy) is 1. The van der Waals surface area contributed by atoms with Gasteiger partial charge in [-0.2, -0.15) is 0 Å². The minimum absolute atomic E-state index is 0.139. The van der Waals surface area contributed by atoms with Gasteiger partial charge in [-0.05, 0) is 57.5 Å². The first-order valence-electron chi connectivity index (χ1n) is 7.37. The minimum Gasteiger partial charge on any atom is -0.496 e. The van der Waals surface area contributed by atoms with Crippen LogP contribution in [0.3, 0.4) is 0 Å². The Morgan fingerprint density at radius 3 is 2.05 bits per heavy atom. The summed E-state index contributed by atoms with van der Waals surface area (Å²) in [5.74, 6) is 0.930. The second kappa shape index (κ2) is 6.31. The molecule has 21 heavy (non-hydrogen) atoms. The van der Waals surface area contributed by atoms with Gasteiger partial charge < -0.3 is 10.1 Å². The van der Waals surface area contributed by atoms with Crippen molar-refractivity contribution in [2.75, 3.05) is 14.2 Å². The summed E-state index contributed by atoms with van der Waals surface area (Å²) in [6.07, 6.45) is 0. The van der Waals surface area contributed by atoms with E-state index in [0.717, 1.165) is 5.75 Å². The Hall–Kier alpha value is -1.80. The first kappa shape index (κ1) is 15.6. The van der Waals surface area contributed by atoms with Crippen LogP contribution in [-0.4, -0.2) is 14.2 Å². The van der Waals surface area contributed by atoms with Crippen LogP contribution in [0, 0.1) is 27.7 Å². The summed E-state index contributed by atoms with van der Waals surface area (Å²) in [7, 11) is 3.74. The third-order valence-electron chi connectivity index (χ3n) is 4.01. The maximum atomic E-state index is 5.57. The van der Waals surface area contributed by atoms with Gasteiger partial charge >= 0.3 is 0 Å². The second-order valence-electron chi connectivity index (χ2n) is 5.78. The van der Waals surface area contributed by atoms with Crippen LogP contribution in [0.25, 0.3) is 0 Å². The number of benzene rings is 2. The van der Waals surface area contributed by atoms with E-state index in [4.69, 9.17) is 4.74 Å². The quantitative estimate of drug-likeness (QED) is 0.906. The molecule has 0 radical (unpaired) electrons. The zero-order chi connectivity index (χ0) is 15.6. The SMILES string of the molecule is CNC(c1cc(C)ccc1OC)c1c(C)cc(C)cc1C. The fourth-order valence-corrected chi connectivity index (χ4v) is 3.18. The van der Waals surface area contributed by atoms with Crippen LogP contribution in [0.15, 0.2) is 30.3 Å². The van der Waals surface area contributed by atoms with Gasteiger partial charge in [0.05, 0.1) is 13.2 Å². The summed E-state index contributed by atoms with van der Waals surface area (Å²) in [5, 5.41) is 3.46. The molecule has 0 fully saturated rings. The highest BCUT2D eigenvalue weighted by Crippen LogP contribution is 2.34. The molecule has 1 N–H and O–H groups in total. The largest absolute Gasteiger partial charge is 0.496 e.